The van der Waals surface area contributed by atoms with Gasteiger partial charge in [0.1, 0.15) is 5.82 Å². The number of hydrogen-bond acceptors (Lipinski definition) is 3. The van der Waals surface area contributed by atoms with Crippen LogP contribution in [-0.2, 0) is 4.79 Å². The molecule has 5 rings (SSSR count). The van der Waals surface area contributed by atoms with Crippen LogP contribution in [0.3, 0.4) is 0 Å². The van der Waals surface area contributed by atoms with E-state index in [4.69, 9.17) is 0 Å². The molecule has 1 atom stereocenters. The zero-order valence-electron chi connectivity index (χ0n) is 15.7. The molecule has 140 valence electrons. The molecule has 3 aromatic rings. The number of carbonyl (C=O) groups excluding carboxylic acids is 1. The van der Waals surface area contributed by atoms with Gasteiger partial charge in [-0.1, -0.05) is 48.0 Å². The molecule has 0 fully saturated rings. The number of Topliss-reactive ketones (excluding diaryl/α,β-unsaturated/α-hetero) is 1. The summed E-state index contributed by atoms with van der Waals surface area (Å²) in [6.45, 7) is 2.03. The number of nitrogens with one attached hydrogen (secondary N) is 2. The summed E-state index contributed by atoms with van der Waals surface area (Å²) in [5.41, 5.74) is 5.08. The zero-order valence-corrected chi connectivity index (χ0v) is 15.7. The Kier molecular flexibility index (Phi) is 3.83. The van der Waals surface area contributed by atoms with E-state index in [1.165, 1.54) is 0 Å². The van der Waals surface area contributed by atoms with Gasteiger partial charge in [-0.3, -0.25) is 14.7 Å². The molecule has 5 nitrogen and oxygen atoms in total. The number of carbonyl (C=O) groups is 1. The molecule has 1 unspecified atom stereocenters. The van der Waals surface area contributed by atoms with Gasteiger partial charge in [-0.25, -0.2) is 4.68 Å². The van der Waals surface area contributed by atoms with Gasteiger partial charge in [0, 0.05) is 23.6 Å². The van der Waals surface area contributed by atoms with Gasteiger partial charge >= 0.3 is 0 Å². The lowest BCUT2D eigenvalue weighted by molar-refractivity contribution is -0.116. The van der Waals surface area contributed by atoms with E-state index in [0.29, 0.717) is 17.8 Å². The SMILES string of the molecule is Cc1ccc(C2C3=C(CCCC3=O)Nc3[nH]n(-c4ccccc4)c(=O)c32)cc1. The van der Waals surface area contributed by atoms with Gasteiger partial charge in [-0.15, -0.1) is 0 Å². The Morgan fingerprint density at radius 1 is 0.964 bits per heavy atom. The van der Waals surface area contributed by atoms with Crippen LogP contribution in [0, 0.1) is 6.92 Å². The number of anilines is 1. The average molecular weight is 371 g/mol. The van der Waals surface area contributed by atoms with Crippen molar-refractivity contribution in [1.82, 2.24) is 9.78 Å². The van der Waals surface area contributed by atoms with E-state index in [9.17, 15) is 9.59 Å². The summed E-state index contributed by atoms with van der Waals surface area (Å²) >= 11 is 0. The van der Waals surface area contributed by atoms with Gasteiger partial charge < -0.3 is 5.32 Å². The van der Waals surface area contributed by atoms with Crippen molar-refractivity contribution < 1.29 is 4.79 Å². The molecule has 2 N–H and O–H groups in total. The van der Waals surface area contributed by atoms with Gasteiger partial charge in [-0.2, -0.15) is 0 Å². The molecule has 2 aliphatic rings. The molecule has 1 aromatic heterocycles. The molecule has 0 amide bonds. The summed E-state index contributed by atoms with van der Waals surface area (Å²) in [6.07, 6.45) is 2.20. The van der Waals surface area contributed by atoms with Crippen LogP contribution >= 0.6 is 0 Å². The van der Waals surface area contributed by atoms with Crippen molar-refractivity contribution in [2.75, 3.05) is 5.32 Å². The number of aromatic amines is 1. The molecule has 1 aliphatic heterocycles. The number of H-pyrrole nitrogens is 1. The fourth-order valence-electron chi connectivity index (χ4n) is 4.29. The minimum Gasteiger partial charge on any atom is -0.343 e. The maximum atomic E-state index is 13.4. The molecule has 1 aliphatic carbocycles. The van der Waals surface area contributed by atoms with Crippen molar-refractivity contribution >= 4 is 11.6 Å². The molecule has 28 heavy (non-hydrogen) atoms. The number of ketones is 1. The van der Waals surface area contributed by atoms with E-state index in [1.807, 2.05) is 61.5 Å². The summed E-state index contributed by atoms with van der Waals surface area (Å²) in [7, 11) is 0. The van der Waals surface area contributed by atoms with Crippen molar-refractivity contribution in [3.63, 3.8) is 0 Å². The van der Waals surface area contributed by atoms with Crippen LogP contribution in [-0.4, -0.2) is 15.6 Å². The standard InChI is InChI=1S/C23H21N3O2/c1-14-10-12-15(13-11-14)19-20-17(8-5-9-18(20)27)24-22-21(19)23(28)26(25-22)16-6-3-2-4-7-16/h2-4,6-7,10-13,19,24-25H,5,8-9H2,1H3. The summed E-state index contributed by atoms with van der Waals surface area (Å²) in [4.78, 5) is 26.3. The minimum absolute atomic E-state index is 0.121. The minimum atomic E-state index is -0.339. The first-order valence-corrected chi connectivity index (χ1v) is 9.63. The highest BCUT2D eigenvalue weighted by atomic mass is 16.1. The Morgan fingerprint density at radius 2 is 1.71 bits per heavy atom. The lowest BCUT2D eigenvalue weighted by Crippen LogP contribution is -2.29. The van der Waals surface area contributed by atoms with Crippen LogP contribution in [0.2, 0.25) is 0 Å². The quantitative estimate of drug-likeness (QED) is 0.714. The van der Waals surface area contributed by atoms with Crippen LogP contribution in [0.15, 0.2) is 70.7 Å². The third kappa shape index (κ3) is 2.54. The second kappa shape index (κ2) is 6.37. The highest BCUT2D eigenvalue weighted by molar-refractivity contribution is 6.00. The van der Waals surface area contributed by atoms with Gasteiger partial charge in [0.15, 0.2) is 5.78 Å². The van der Waals surface area contributed by atoms with Crippen molar-refractivity contribution in [2.45, 2.75) is 32.1 Å². The van der Waals surface area contributed by atoms with Crippen LogP contribution in [0.25, 0.3) is 5.69 Å². The molecular formula is C23H21N3O2. The molecule has 2 heterocycles. The second-order valence-corrected chi connectivity index (χ2v) is 7.51. The number of benzene rings is 2. The molecular weight excluding hydrogens is 350 g/mol. The van der Waals surface area contributed by atoms with Crippen molar-refractivity contribution in [3.05, 3.63) is 92.9 Å². The summed E-state index contributed by atoms with van der Waals surface area (Å²) in [5, 5.41) is 6.58. The predicted octanol–water partition coefficient (Wildman–Crippen LogP) is 4.04. The van der Waals surface area contributed by atoms with Crippen LogP contribution in [0.5, 0.6) is 0 Å². The first kappa shape index (κ1) is 16.8. The number of fused-ring (bicyclic) bond motifs is 1. The Morgan fingerprint density at radius 3 is 2.46 bits per heavy atom. The number of aryl methyl sites for hydroxylation is 1. The summed E-state index contributed by atoms with van der Waals surface area (Å²) in [6, 6.07) is 17.6. The highest BCUT2D eigenvalue weighted by Gasteiger charge is 2.38. The number of para-hydroxylation sites is 1. The highest BCUT2D eigenvalue weighted by Crippen LogP contribution is 2.43. The third-order valence-corrected chi connectivity index (χ3v) is 5.66. The number of aromatic nitrogens is 2. The summed E-state index contributed by atoms with van der Waals surface area (Å²) in [5.74, 6) is 0.484. The Labute approximate surface area is 162 Å². The molecule has 0 spiro atoms. The van der Waals surface area contributed by atoms with E-state index in [0.717, 1.165) is 40.9 Å². The second-order valence-electron chi connectivity index (χ2n) is 7.51. The van der Waals surface area contributed by atoms with Crippen LogP contribution < -0.4 is 10.9 Å². The van der Waals surface area contributed by atoms with Gasteiger partial charge in [-0.05, 0) is 37.5 Å². The molecule has 0 radical (unpaired) electrons. The fraction of sp³-hybridized carbons (Fsp3) is 0.217. The molecule has 0 saturated heterocycles. The maximum absolute atomic E-state index is 13.4. The summed E-state index contributed by atoms with van der Waals surface area (Å²) < 4.78 is 1.56. The molecule has 0 bridgehead atoms. The lowest BCUT2D eigenvalue weighted by Gasteiger charge is -2.31. The normalized spacial score (nSPS) is 18.5. The number of allylic oxidation sites excluding steroid dienone is 2. The van der Waals surface area contributed by atoms with E-state index in [2.05, 4.69) is 10.4 Å². The Balaban J connectivity index is 1.75. The van der Waals surface area contributed by atoms with Crippen molar-refractivity contribution in [1.29, 1.82) is 0 Å². The third-order valence-electron chi connectivity index (χ3n) is 5.66. The Bertz CT molecular complexity index is 1150. The predicted molar refractivity (Wildman–Crippen MR) is 109 cm³/mol. The zero-order chi connectivity index (χ0) is 19.3. The number of rotatable bonds is 2. The number of hydrogen-bond donors (Lipinski definition) is 2. The van der Waals surface area contributed by atoms with E-state index < -0.39 is 0 Å². The Hall–Kier alpha value is -3.34. The van der Waals surface area contributed by atoms with Crippen LogP contribution in [0.4, 0.5) is 5.82 Å². The topological polar surface area (TPSA) is 66.9 Å². The van der Waals surface area contributed by atoms with E-state index in [-0.39, 0.29) is 17.3 Å². The lowest BCUT2D eigenvalue weighted by atomic mass is 9.77. The van der Waals surface area contributed by atoms with Gasteiger partial charge in [0.05, 0.1) is 11.3 Å². The van der Waals surface area contributed by atoms with Gasteiger partial charge in [0.2, 0.25) is 0 Å². The number of nitrogens with zero attached hydrogens (tertiary/aromatic N) is 1. The first-order chi connectivity index (χ1) is 13.6. The smallest absolute Gasteiger partial charge is 0.277 e. The van der Waals surface area contributed by atoms with E-state index in [1.54, 1.807) is 4.68 Å². The van der Waals surface area contributed by atoms with Crippen molar-refractivity contribution in [3.8, 4) is 5.69 Å². The van der Waals surface area contributed by atoms with Gasteiger partial charge in [0.25, 0.3) is 5.56 Å². The maximum Gasteiger partial charge on any atom is 0.277 e. The van der Waals surface area contributed by atoms with E-state index >= 15 is 0 Å². The average Bonchev–Trinajstić information content (AvgIpc) is 3.04. The largest absolute Gasteiger partial charge is 0.343 e. The molecule has 5 heteroatoms. The first-order valence-electron chi connectivity index (χ1n) is 9.63. The fourth-order valence-corrected chi connectivity index (χ4v) is 4.29. The van der Waals surface area contributed by atoms with Crippen molar-refractivity contribution in [2.24, 2.45) is 0 Å². The molecule has 0 saturated carbocycles. The van der Waals surface area contributed by atoms with Crippen LogP contribution in [0.1, 0.15) is 41.9 Å². The monoisotopic (exact) mass is 371 g/mol. The molecule has 2 aromatic carbocycles.